The van der Waals surface area contributed by atoms with Gasteiger partial charge in [-0.2, -0.15) is 0 Å². The van der Waals surface area contributed by atoms with Crippen molar-refractivity contribution >= 4 is 0 Å². The number of ether oxygens (including phenoxy) is 1. The van der Waals surface area contributed by atoms with Crippen molar-refractivity contribution in [1.82, 2.24) is 5.32 Å². The first-order chi connectivity index (χ1) is 9.99. The smallest absolute Gasteiger partial charge is 0.0897 e. The van der Waals surface area contributed by atoms with Crippen LogP contribution in [0, 0.1) is 11.3 Å². The highest BCUT2D eigenvalue weighted by Crippen LogP contribution is 2.37. The lowest BCUT2D eigenvalue weighted by Gasteiger charge is -2.29. The summed E-state index contributed by atoms with van der Waals surface area (Å²) in [5, 5.41) is 13.6. The van der Waals surface area contributed by atoms with E-state index >= 15 is 0 Å². The van der Waals surface area contributed by atoms with Gasteiger partial charge in [-0.25, -0.2) is 0 Å². The highest BCUT2D eigenvalue weighted by molar-refractivity contribution is 4.90. The molecule has 0 heterocycles. The fraction of sp³-hybridized carbons (Fsp3) is 1.00. The van der Waals surface area contributed by atoms with Gasteiger partial charge in [0.25, 0.3) is 0 Å². The Morgan fingerprint density at radius 2 is 2.05 bits per heavy atom. The predicted octanol–water partition coefficient (Wildman–Crippen LogP) is 3.75. The number of hydrogen-bond acceptors (Lipinski definition) is 3. The maximum absolute atomic E-state index is 10.1. The third-order valence-electron chi connectivity index (χ3n) is 5.06. The molecule has 0 amide bonds. The van der Waals surface area contributed by atoms with Gasteiger partial charge in [0, 0.05) is 19.2 Å². The monoisotopic (exact) mass is 299 g/mol. The molecule has 3 nitrogen and oxygen atoms in total. The van der Waals surface area contributed by atoms with E-state index in [9.17, 15) is 5.11 Å². The van der Waals surface area contributed by atoms with Gasteiger partial charge in [0.15, 0.2) is 0 Å². The first-order valence-electron chi connectivity index (χ1n) is 8.98. The van der Waals surface area contributed by atoms with Crippen LogP contribution in [0.2, 0.25) is 0 Å². The quantitative estimate of drug-likeness (QED) is 0.610. The number of unbranched alkanes of at least 4 members (excludes halogenated alkanes) is 1. The molecule has 0 aromatic heterocycles. The van der Waals surface area contributed by atoms with Crippen molar-refractivity contribution in [2.24, 2.45) is 11.3 Å². The van der Waals surface area contributed by atoms with E-state index in [4.69, 9.17) is 4.74 Å². The van der Waals surface area contributed by atoms with Crippen molar-refractivity contribution in [3.63, 3.8) is 0 Å². The van der Waals surface area contributed by atoms with Crippen molar-refractivity contribution in [2.75, 3.05) is 19.8 Å². The lowest BCUT2D eigenvalue weighted by molar-refractivity contribution is 0.0169. The zero-order valence-corrected chi connectivity index (χ0v) is 14.7. The molecule has 0 saturated heterocycles. The Bertz CT molecular complexity index is 268. The molecule has 2 N–H and O–H groups in total. The number of nitrogens with one attached hydrogen (secondary N) is 1. The Kier molecular flexibility index (Phi) is 8.84. The van der Waals surface area contributed by atoms with Gasteiger partial charge in [0.05, 0.1) is 12.7 Å². The van der Waals surface area contributed by atoms with Crippen LogP contribution in [0.15, 0.2) is 0 Å². The zero-order valence-electron chi connectivity index (χ0n) is 14.7. The molecule has 1 rings (SSSR count). The second-order valence-corrected chi connectivity index (χ2v) is 7.45. The van der Waals surface area contributed by atoms with Crippen LogP contribution in [0.3, 0.4) is 0 Å². The molecule has 1 saturated carbocycles. The molecule has 0 bridgehead atoms. The third-order valence-corrected chi connectivity index (χ3v) is 5.06. The molecule has 126 valence electrons. The molecule has 3 atom stereocenters. The summed E-state index contributed by atoms with van der Waals surface area (Å²) in [6.45, 7) is 11.0. The van der Waals surface area contributed by atoms with Crippen molar-refractivity contribution in [2.45, 2.75) is 84.8 Å². The molecular weight excluding hydrogens is 262 g/mol. The summed E-state index contributed by atoms with van der Waals surface area (Å²) in [4.78, 5) is 0. The van der Waals surface area contributed by atoms with Crippen LogP contribution in [0.4, 0.5) is 0 Å². The molecule has 3 unspecified atom stereocenters. The molecule has 21 heavy (non-hydrogen) atoms. The number of rotatable bonds is 11. The van der Waals surface area contributed by atoms with Crippen molar-refractivity contribution in [3.05, 3.63) is 0 Å². The van der Waals surface area contributed by atoms with Crippen LogP contribution in [-0.4, -0.2) is 37.0 Å². The zero-order chi connectivity index (χ0) is 15.7. The van der Waals surface area contributed by atoms with Gasteiger partial charge in [0.2, 0.25) is 0 Å². The van der Waals surface area contributed by atoms with Crippen LogP contribution in [0.25, 0.3) is 0 Å². The third kappa shape index (κ3) is 7.12. The van der Waals surface area contributed by atoms with E-state index in [1.54, 1.807) is 0 Å². The molecule has 1 aliphatic rings. The Morgan fingerprint density at radius 3 is 2.62 bits per heavy atom. The van der Waals surface area contributed by atoms with Crippen molar-refractivity contribution < 1.29 is 9.84 Å². The van der Waals surface area contributed by atoms with Gasteiger partial charge in [-0.15, -0.1) is 0 Å². The summed E-state index contributed by atoms with van der Waals surface area (Å²) in [5.41, 5.74) is 0.369. The van der Waals surface area contributed by atoms with Gasteiger partial charge < -0.3 is 15.2 Å². The van der Waals surface area contributed by atoms with E-state index in [1.165, 1.54) is 44.9 Å². The van der Waals surface area contributed by atoms with E-state index in [0.717, 1.165) is 6.61 Å². The Morgan fingerprint density at radius 1 is 1.29 bits per heavy atom. The molecular formula is C18H37NO2. The minimum Gasteiger partial charge on any atom is -0.389 e. The molecule has 0 spiro atoms. The lowest BCUT2D eigenvalue weighted by atomic mass is 9.87. The maximum atomic E-state index is 10.1. The molecule has 0 aliphatic heterocycles. The Labute approximate surface area is 131 Å². The van der Waals surface area contributed by atoms with E-state index in [0.29, 0.717) is 30.5 Å². The molecule has 3 heteroatoms. The largest absolute Gasteiger partial charge is 0.389 e. The minimum atomic E-state index is -0.384. The Hall–Kier alpha value is -0.120. The highest BCUT2D eigenvalue weighted by Gasteiger charge is 2.34. The van der Waals surface area contributed by atoms with E-state index in [-0.39, 0.29) is 6.10 Å². The van der Waals surface area contributed by atoms with E-state index < -0.39 is 0 Å². The first-order valence-corrected chi connectivity index (χ1v) is 8.98. The second kappa shape index (κ2) is 9.81. The highest BCUT2D eigenvalue weighted by atomic mass is 16.5. The summed E-state index contributed by atoms with van der Waals surface area (Å²) < 4.78 is 5.72. The fourth-order valence-corrected chi connectivity index (χ4v) is 3.31. The minimum absolute atomic E-state index is 0.369. The normalized spacial score (nSPS) is 24.1. The van der Waals surface area contributed by atoms with Crippen LogP contribution >= 0.6 is 0 Å². The number of hydrogen-bond donors (Lipinski definition) is 2. The summed E-state index contributed by atoms with van der Waals surface area (Å²) in [6.07, 6.45) is 8.38. The number of aliphatic hydroxyl groups is 1. The Balaban J connectivity index is 2.12. The first kappa shape index (κ1) is 18.9. The molecule has 1 aliphatic carbocycles. The van der Waals surface area contributed by atoms with Gasteiger partial charge in [-0.05, 0) is 30.6 Å². The van der Waals surface area contributed by atoms with Crippen LogP contribution < -0.4 is 5.32 Å². The van der Waals surface area contributed by atoms with Gasteiger partial charge >= 0.3 is 0 Å². The van der Waals surface area contributed by atoms with Crippen molar-refractivity contribution in [1.29, 1.82) is 0 Å². The molecule has 0 aromatic rings. The van der Waals surface area contributed by atoms with Gasteiger partial charge in [-0.3, -0.25) is 0 Å². The summed E-state index contributed by atoms with van der Waals surface area (Å²) in [6, 6.07) is 0.542. The summed E-state index contributed by atoms with van der Waals surface area (Å²) >= 11 is 0. The average molecular weight is 299 g/mol. The second-order valence-electron chi connectivity index (χ2n) is 7.45. The van der Waals surface area contributed by atoms with Gasteiger partial charge in [-0.1, -0.05) is 53.4 Å². The topological polar surface area (TPSA) is 41.5 Å². The molecule has 0 aromatic carbocycles. The average Bonchev–Trinajstić information content (AvgIpc) is 2.79. The van der Waals surface area contributed by atoms with E-state index in [2.05, 4.69) is 33.0 Å². The molecule has 0 radical (unpaired) electrons. The standard InChI is InChI=1S/C18H37NO2/c1-5-7-9-15(6-2)13-21-14-16(20)12-19-17-10-8-11-18(17,3)4/h15-17,19-20H,5-14H2,1-4H3. The van der Waals surface area contributed by atoms with Crippen LogP contribution in [0.1, 0.15) is 72.6 Å². The predicted molar refractivity (Wildman–Crippen MR) is 89.6 cm³/mol. The summed E-state index contributed by atoms with van der Waals surface area (Å²) in [7, 11) is 0. The lowest BCUT2D eigenvalue weighted by Crippen LogP contribution is -2.42. The van der Waals surface area contributed by atoms with Crippen LogP contribution in [0.5, 0.6) is 0 Å². The van der Waals surface area contributed by atoms with Crippen molar-refractivity contribution in [3.8, 4) is 0 Å². The fourth-order valence-electron chi connectivity index (χ4n) is 3.31. The van der Waals surface area contributed by atoms with E-state index in [1.807, 2.05) is 0 Å². The maximum Gasteiger partial charge on any atom is 0.0897 e. The summed E-state index contributed by atoms with van der Waals surface area (Å²) in [5.74, 6) is 0.652. The SMILES string of the molecule is CCCCC(CC)COCC(O)CNC1CCCC1(C)C. The molecule has 1 fully saturated rings. The van der Waals surface area contributed by atoms with Crippen LogP contribution in [-0.2, 0) is 4.74 Å². The van der Waals surface area contributed by atoms with Gasteiger partial charge in [0.1, 0.15) is 0 Å². The number of aliphatic hydroxyl groups excluding tert-OH is 1.